The monoisotopic (exact) mass is 252 g/mol. The fourth-order valence-corrected chi connectivity index (χ4v) is 1.67. The van der Waals surface area contributed by atoms with Crippen LogP contribution in [0.15, 0.2) is 39.4 Å². The summed E-state index contributed by atoms with van der Waals surface area (Å²) in [5.41, 5.74) is 6.40. The fourth-order valence-electron chi connectivity index (χ4n) is 1.19. The molecule has 1 aromatic heterocycles. The Morgan fingerprint density at radius 2 is 2.14 bits per heavy atom. The highest BCUT2D eigenvalue weighted by Gasteiger charge is 2.07. The van der Waals surface area contributed by atoms with E-state index in [0.717, 1.165) is 15.8 Å². The highest BCUT2D eigenvalue weighted by atomic mass is 79.9. The highest BCUT2D eigenvalue weighted by molar-refractivity contribution is 9.10. The lowest BCUT2D eigenvalue weighted by molar-refractivity contribution is 0.509. The molecule has 0 aliphatic rings. The van der Waals surface area contributed by atoms with Crippen molar-refractivity contribution in [2.45, 2.75) is 6.54 Å². The molecule has 3 nitrogen and oxygen atoms in total. The van der Waals surface area contributed by atoms with Crippen LogP contribution in [0.2, 0.25) is 0 Å². The minimum absolute atomic E-state index is 0.324. The first-order chi connectivity index (χ1) is 6.81. The maximum absolute atomic E-state index is 5.43. The van der Waals surface area contributed by atoms with Crippen LogP contribution in [0.5, 0.6) is 0 Å². The molecule has 2 rings (SSSR count). The molecule has 4 heteroatoms. The molecule has 1 heterocycles. The van der Waals surface area contributed by atoms with E-state index >= 15 is 0 Å². The van der Waals surface area contributed by atoms with Crippen molar-refractivity contribution in [2.75, 3.05) is 0 Å². The number of benzene rings is 1. The molecular weight excluding hydrogens is 244 g/mol. The van der Waals surface area contributed by atoms with Gasteiger partial charge in [0.25, 0.3) is 0 Å². The van der Waals surface area contributed by atoms with Gasteiger partial charge in [-0.05, 0) is 6.07 Å². The third-order valence-electron chi connectivity index (χ3n) is 1.87. The number of oxazole rings is 1. The van der Waals surface area contributed by atoms with E-state index in [9.17, 15) is 0 Å². The zero-order valence-corrected chi connectivity index (χ0v) is 8.99. The van der Waals surface area contributed by atoms with E-state index in [4.69, 9.17) is 10.2 Å². The molecule has 1 aromatic carbocycles. The number of rotatable bonds is 2. The normalized spacial score (nSPS) is 10.4. The van der Waals surface area contributed by atoms with E-state index in [2.05, 4.69) is 20.9 Å². The minimum Gasteiger partial charge on any atom is -0.439 e. The highest BCUT2D eigenvalue weighted by Crippen LogP contribution is 2.28. The number of nitrogens with zero attached hydrogens (tertiary/aromatic N) is 1. The van der Waals surface area contributed by atoms with Gasteiger partial charge in [0, 0.05) is 10.0 Å². The van der Waals surface area contributed by atoms with Crippen LogP contribution in [0.4, 0.5) is 0 Å². The molecule has 0 fully saturated rings. The van der Waals surface area contributed by atoms with Gasteiger partial charge >= 0.3 is 0 Å². The van der Waals surface area contributed by atoms with Crippen LogP contribution in [0.1, 0.15) is 5.89 Å². The topological polar surface area (TPSA) is 52.0 Å². The first-order valence-electron chi connectivity index (χ1n) is 4.21. The summed E-state index contributed by atoms with van der Waals surface area (Å²) in [6, 6.07) is 7.82. The van der Waals surface area contributed by atoms with Crippen LogP contribution in [-0.2, 0) is 6.54 Å². The van der Waals surface area contributed by atoms with Crippen LogP contribution < -0.4 is 5.73 Å². The van der Waals surface area contributed by atoms with Crippen LogP contribution in [0, 0.1) is 0 Å². The van der Waals surface area contributed by atoms with Gasteiger partial charge in [-0.1, -0.05) is 34.1 Å². The van der Waals surface area contributed by atoms with E-state index < -0.39 is 0 Å². The molecule has 2 N–H and O–H groups in total. The molecule has 0 bridgehead atoms. The molecule has 0 radical (unpaired) electrons. The van der Waals surface area contributed by atoms with Crippen molar-refractivity contribution >= 4 is 15.9 Å². The van der Waals surface area contributed by atoms with Gasteiger partial charge in [-0.25, -0.2) is 4.98 Å². The van der Waals surface area contributed by atoms with E-state index in [1.165, 1.54) is 0 Å². The van der Waals surface area contributed by atoms with Gasteiger partial charge in [0.15, 0.2) is 5.76 Å². The average molecular weight is 253 g/mol. The maximum Gasteiger partial charge on any atom is 0.208 e. The summed E-state index contributed by atoms with van der Waals surface area (Å²) in [5.74, 6) is 1.29. The van der Waals surface area contributed by atoms with Crippen molar-refractivity contribution in [2.24, 2.45) is 5.73 Å². The number of aromatic nitrogens is 1. The van der Waals surface area contributed by atoms with E-state index in [1.54, 1.807) is 6.20 Å². The summed E-state index contributed by atoms with van der Waals surface area (Å²) in [5, 5.41) is 0. The van der Waals surface area contributed by atoms with Crippen molar-refractivity contribution < 1.29 is 4.42 Å². The smallest absolute Gasteiger partial charge is 0.208 e. The van der Waals surface area contributed by atoms with Gasteiger partial charge in [-0.2, -0.15) is 0 Å². The van der Waals surface area contributed by atoms with Gasteiger partial charge in [0.1, 0.15) is 0 Å². The lowest BCUT2D eigenvalue weighted by atomic mass is 10.2. The molecule has 0 saturated heterocycles. The second kappa shape index (κ2) is 3.94. The van der Waals surface area contributed by atoms with Gasteiger partial charge < -0.3 is 10.2 Å². The summed E-state index contributed by atoms with van der Waals surface area (Å²) >= 11 is 3.45. The van der Waals surface area contributed by atoms with Gasteiger partial charge in [0.2, 0.25) is 5.89 Å². The lowest BCUT2D eigenvalue weighted by Crippen LogP contribution is -1.94. The molecule has 0 atom stereocenters. The summed E-state index contributed by atoms with van der Waals surface area (Å²) in [6.07, 6.45) is 1.68. The van der Waals surface area contributed by atoms with Crippen molar-refractivity contribution in [1.29, 1.82) is 0 Å². The second-order valence-corrected chi connectivity index (χ2v) is 3.66. The van der Waals surface area contributed by atoms with Crippen molar-refractivity contribution in [3.63, 3.8) is 0 Å². The van der Waals surface area contributed by atoms with Crippen LogP contribution in [0.3, 0.4) is 0 Å². The summed E-state index contributed by atoms with van der Waals surface area (Å²) in [6.45, 7) is 0.324. The Bertz CT molecular complexity index is 439. The first-order valence-corrected chi connectivity index (χ1v) is 5.00. The number of hydrogen-bond donors (Lipinski definition) is 1. The molecule has 0 aliphatic heterocycles. The molecule has 0 unspecified atom stereocenters. The molecule has 0 aliphatic carbocycles. The van der Waals surface area contributed by atoms with Crippen molar-refractivity contribution in [3.8, 4) is 11.3 Å². The zero-order chi connectivity index (χ0) is 9.97. The van der Waals surface area contributed by atoms with Gasteiger partial charge in [-0.15, -0.1) is 0 Å². The summed E-state index contributed by atoms with van der Waals surface area (Å²) in [4.78, 5) is 4.04. The van der Waals surface area contributed by atoms with Crippen molar-refractivity contribution in [1.82, 2.24) is 4.98 Å². The summed E-state index contributed by atoms with van der Waals surface area (Å²) < 4.78 is 6.42. The minimum atomic E-state index is 0.324. The molecule has 0 saturated carbocycles. The average Bonchev–Trinajstić information content (AvgIpc) is 2.67. The number of halogens is 1. The van der Waals surface area contributed by atoms with E-state index in [0.29, 0.717) is 12.4 Å². The lowest BCUT2D eigenvalue weighted by Gasteiger charge is -1.98. The SMILES string of the molecule is NCc1ncc(-c2ccccc2Br)o1. The van der Waals surface area contributed by atoms with E-state index in [-0.39, 0.29) is 0 Å². The molecular formula is C10H9BrN2O. The Kier molecular flexibility index (Phi) is 2.65. The predicted molar refractivity (Wildman–Crippen MR) is 57.5 cm³/mol. The van der Waals surface area contributed by atoms with E-state index in [1.807, 2.05) is 24.3 Å². The van der Waals surface area contributed by atoms with Gasteiger partial charge in [0.05, 0.1) is 12.7 Å². The Hall–Kier alpha value is -1.13. The predicted octanol–water partition coefficient (Wildman–Crippen LogP) is 2.56. The Morgan fingerprint density at radius 3 is 2.79 bits per heavy atom. The van der Waals surface area contributed by atoms with Crippen LogP contribution in [-0.4, -0.2) is 4.98 Å². The largest absolute Gasteiger partial charge is 0.439 e. The first kappa shape index (κ1) is 9.43. The molecule has 0 amide bonds. The fraction of sp³-hybridized carbons (Fsp3) is 0.100. The third-order valence-corrected chi connectivity index (χ3v) is 2.56. The zero-order valence-electron chi connectivity index (χ0n) is 7.40. The van der Waals surface area contributed by atoms with Crippen molar-refractivity contribution in [3.05, 3.63) is 40.8 Å². The quantitative estimate of drug-likeness (QED) is 0.894. The van der Waals surface area contributed by atoms with Crippen LogP contribution in [0.25, 0.3) is 11.3 Å². The van der Waals surface area contributed by atoms with Crippen LogP contribution >= 0.6 is 15.9 Å². The number of hydrogen-bond acceptors (Lipinski definition) is 3. The summed E-state index contributed by atoms with van der Waals surface area (Å²) in [7, 11) is 0. The Morgan fingerprint density at radius 1 is 1.36 bits per heavy atom. The second-order valence-electron chi connectivity index (χ2n) is 2.80. The standard InChI is InChI=1S/C10H9BrN2O/c11-8-4-2-1-3-7(8)9-6-13-10(5-12)14-9/h1-4,6H,5,12H2. The molecule has 14 heavy (non-hydrogen) atoms. The van der Waals surface area contributed by atoms with Gasteiger partial charge in [-0.3, -0.25) is 0 Å². The molecule has 72 valence electrons. The Balaban J connectivity index is 2.44. The molecule has 0 spiro atoms. The maximum atomic E-state index is 5.43. The Labute approximate surface area is 90.1 Å². The molecule has 2 aromatic rings. The third kappa shape index (κ3) is 1.71. The number of nitrogens with two attached hydrogens (primary N) is 1.